The zero-order chi connectivity index (χ0) is 24.7. The number of rotatable bonds is 10. The van der Waals surface area contributed by atoms with Crippen LogP contribution in [0.3, 0.4) is 0 Å². The average molecular weight is 541 g/mol. The number of carbonyl (C=O) groups excluding carboxylic acids is 1. The zero-order valence-electron chi connectivity index (χ0n) is 18.3. The number of benzene rings is 3. The SMILES string of the molecule is Cc1ccc(S(=O)(=O)N(CC(=O)NCCSCc2ccc(Cl)cc2Cl)c2ccc(F)cc2)cc1. The number of hydrogen-bond acceptors (Lipinski definition) is 4. The van der Waals surface area contributed by atoms with Crippen LogP contribution in [0, 0.1) is 12.7 Å². The van der Waals surface area contributed by atoms with E-state index in [0.29, 0.717) is 28.1 Å². The van der Waals surface area contributed by atoms with Gasteiger partial charge in [0.1, 0.15) is 12.4 Å². The van der Waals surface area contributed by atoms with Gasteiger partial charge in [-0.1, -0.05) is 47.0 Å². The van der Waals surface area contributed by atoms with Crippen molar-refractivity contribution < 1.29 is 17.6 Å². The molecule has 0 aromatic heterocycles. The summed E-state index contributed by atoms with van der Waals surface area (Å²) >= 11 is 13.6. The average Bonchev–Trinajstić information content (AvgIpc) is 2.79. The van der Waals surface area contributed by atoms with Gasteiger partial charge in [0.25, 0.3) is 10.0 Å². The van der Waals surface area contributed by atoms with Crippen molar-refractivity contribution in [2.45, 2.75) is 17.6 Å². The molecular weight excluding hydrogens is 518 g/mol. The second-order valence-electron chi connectivity index (χ2n) is 7.44. The Morgan fingerprint density at radius 3 is 2.35 bits per heavy atom. The Hall–Kier alpha value is -2.26. The van der Waals surface area contributed by atoms with E-state index >= 15 is 0 Å². The number of amides is 1. The minimum Gasteiger partial charge on any atom is -0.354 e. The summed E-state index contributed by atoms with van der Waals surface area (Å²) in [5, 5.41) is 3.89. The van der Waals surface area contributed by atoms with Gasteiger partial charge >= 0.3 is 0 Å². The normalized spacial score (nSPS) is 11.3. The third-order valence-corrected chi connectivity index (χ3v) is 8.24. The Labute approximate surface area is 213 Å². The van der Waals surface area contributed by atoms with Crippen molar-refractivity contribution in [2.24, 2.45) is 0 Å². The Morgan fingerprint density at radius 1 is 1.03 bits per heavy atom. The van der Waals surface area contributed by atoms with Gasteiger partial charge in [0.2, 0.25) is 5.91 Å². The lowest BCUT2D eigenvalue weighted by Crippen LogP contribution is -2.41. The monoisotopic (exact) mass is 540 g/mol. The van der Waals surface area contributed by atoms with Crippen molar-refractivity contribution in [2.75, 3.05) is 23.1 Å². The van der Waals surface area contributed by atoms with Crippen molar-refractivity contribution in [3.63, 3.8) is 0 Å². The zero-order valence-corrected chi connectivity index (χ0v) is 21.4. The fourth-order valence-corrected chi connectivity index (χ4v) is 5.87. The quantitative estimate of drug-likeness (QED) is 0.335. The number of sulfonamides is 1. The highest BCUT2D eigenvalue weighted by Crippen LogP contribution is 2.25. The van der Waals surface area contributed by atoms with Crippen LogP contribution >= 0.6 is 35.0 Å². The van der Waals surface area contributed by atoms with Gasteiger partial charge in [-0.25, -0.2) is 12.8 Å². The van der Waals surface area contributed by atoms with Crippen molar-refractivity contribution in [3.8, 4) is 0 Å². The maximum absolute atomic E-state index is 13.4. The summed E-state index contributed by atoms with van der Waals surface area (Å²) < 4.78 is 41.0. The largest absolute Gasteiger partial charge is 0.354 e. The predicted molar refractivity (Wildman–Crippen MR) is 138 cm³/mol. The van der Waals surface area contributed by atoms with Gasteiger partial charge in [-0.3, -0.25) is 9.10 Å². The third kappa shape index (κ3) is 7.12. The maximum Gasteiger partial charge on any atom is 0.264 e. The van der Waals surface area contributed by atoms with Crippen LogP contribution in [0.1, 0.15) is 11.1 Å². The predicted octanol–water partition coefficient (Wildman–Crippen LogP) is 5.69. The van der Waals surface area contributed by atoms with E-state index in [1.54, 1.807) is 36.0 Å². The van der Waals surface area contributed by atoms with Crippen LogP contribution in [0.4, 0.5) is 10.1 Å². The summed E-state index contributed by atoms with van der Waals surface area (Å²) in [7, 11) is -4.04. The maximum atomic E-state index is 13.4. The number of thioether (sulfide) groups is 1. The molecule has 0 saturated carbocycles. The Morgan fingerprint density at radius 2 is 1.71 bits per heavy atom. The molecule has 3 aromatic rings. The topological polar surface area (TPSA) is 66.5 Å². The molecule has 34 heavy (non-hydrogen) atoms. The number of nitrogens with zero attached hydrogens (tertiary/aromatic N) is 1. The molecule has 0 aliphatic heterocycles. The molecule has 0 fully saturated rings. The number of halogens is 3. The highest BCUT2D eigenvalue weighted by atomic mass is 35.5. The molecule has 0 saturated heterocycles. The molecule has 0 aliphatic carbocycles. The molecule has 1 amide bonds. The highest BCUT2D eigenvalue weighted by Gasteiger charge is 2.27. The van der Waals surface area contributed by atoms with Crippen LogP contribution in [0.2, 0.25) is 10.0 Å². The van der Waals surface area contributed by atoms with Crippen molar-refractivity contribution in [1.82, 2.24) is 5.32 Å². The van der Waals surface area contributed by atoms with Gasteiger partial charge in [0, 0.05) is 28.1 Å². The van der Waals surface area contributed by atoms with Crippen molar-refractivity contribution >= 4 is 56.6 Å². The summed E-state index contributed by atoms with van der Waals surface area (Å²) in [4.78, 5) is 12.7. The van der Waals surface area contributed by atoms with Gasteiger partial charge in [0.15, 0.2) is 0 Å². The summed E-state index contributed by atoms with van der Waals surface area (Å²) in [6, 6.07) is 16.6. The van der Waals surface area contributed by atoms with E-state index in [1.807, 2.05) is 13.0 Å². The molecule has 0 unspecified atom stereocenters. The van der Waals surface area contributed by atoms with Crippen LogP contribution in [-0.2, 0) is 20.6 Å². The van der Waals surface area contributed by atoms with E-state index in [0.717, 1.165) is 27.6 Å². The Kier molecular flexibility index (Phi) is 9.24. The number of hydrogen-bond donors (Lipinski definition) is 1. The number of aryl methyl sites for hydroxylation is 1. The van der Waals surface area contributed by atoms with Gasteiger partial charge in [-0.05, 0) is 61.0 Å². The van der Waals surface area contributed by atoms with Crippen LogP contribution in [0.5, 0.6) is 0 Å². The lowest BCUT2D eigenvalue weighted by atomic mass is 10.2. The second-order valence-corrected chi connectivity index (χ2v) is 11.3. The van der Waals surface area contributed by atoms with Gasteiger partial charge in [-0.2, -0.15) is 11.8 Å². The molecule has 3 rings (SSSR count). The summed E-state index contributed by atoms with van der Waals surface area (Å²) in [5.74, 6) is 0.283. The van der Waals surface area contributed by atoms with E-state index in [4.69, 9.17) is 23.2 Å². The molecule has 0 heterocycles. The van der Waals surface area contributed by atoms with Crippen molar-refractivity contribution in [3.05, 3.63) is 93.7 Å². The molecule has 0 bridgehead atoms. The first-order valence-electron chi connectivity index (χ1n) is 10.3. The van der Waals surface area contributed by atoms with Crippen LogP contribution in [0.25, 0.3) is 0 Å². The second kappa shape index (κ2) is 11.9. The van der Waals surface area contributed by atoms with Gasteiger partial charge in [-0.15, -0.1) is 0 Å². The van der Waals surface area contributed by atoms with Crippen LogP contribution < -0.4 is 9.62 Å². The lowest BCUT2D eigenvalue weighted by molar-refractivity contribution is -0.119. The Balaban J connectivity index is 1.63. The molecule has 10 heteroatoms. The fraction of sp³-hybridized carbons (Fsp3) is 0.208. The fourth-order valence-electron chi connectivity index (χ4n) is 3.03. The highest BCUT2D eigenvalue weighted by molar-refractivity contribution is 7.98. The summed E-state index contributed by atoms with van der Waals surface area (Å²) in [6.07, 6.45) is 0. The number of anilines is 1. The molecule has 0 radical (unpaired) electrons. The summed E-state index contributed by atoms with van der Waals surface area (Å²) in [5.41, 5.74) is 2.04. The van der Waals surface area contributed by atoms with Crippen LogP contribution in [0.15, 0.2) is 71.6 Å². The molecule has 180 valence electrons. The molecule has 1 N–H and O–H groups in total. The van der Waals surface area contributed by atoms with E-state index in [2.05, 4.69) is 5.32 Å². The standard InChI is InChI=1S/C24H23Cl2FN2O3S2/c1-17-2-10-22(11-3-17)34(31,32)29(21-8-6-20(27)7-9-21)15-24(30)28-12-13-33-16-18-4-5-19(25)14-23(18)26/h2-11,14H,12-13,15-16H2,1H3,(H,28,30). The Bertz CT molecular complexity index is 1240. The summed E-state index contributed by atoms with van der Waals surface area (Å²) in [6.45, 7) is 1.76. The van der Waals surface area contributed by atoms with Gasteiger partial charge < -0.3 is 5.32 Å². The lowest BCUT2D eigenvalue weighted by Gasteiger charge is -2.24. The van der Waals surface area contributed by atoms with E-state index in [-0.39, 0.29) is 10.6 Å². The molecule has 0 atom stereocenters. The molecule has 3 aromatic carbocycles. The minimum atomic E-state index is -4.04. The van der Waals surface area contributed by atoms with E-state index in [1.165, 1.54) is 24.3 Å². The molecule has 5 nitrogen and oxygen atoms in total. The first kappa shape index (κ1) is 26.3. The van der Waals surface area contributed by atoms with E-state index < -0.39 is 28.3 Å². The minimum absolute atomic E-state index is 0.0469. The molecule has 0 aliphatic rings. The first-order valence-corrected chi connectivity index (χ1v) is 13.7. The van der Waals surface area contributed by atoms with Crippen molar-refractivity contribution in [1.29, 1.82) is 0 Å². The first-order chi connectivity index (χ1) is 16.2. The smallest absolute Gasteiger partial charge is 0.264 e. The van der Waals surface area contributed by atoms with E-state index in [9.17, 15) is 17.6 Å². The van der Waals surface area contributed by atoms with Gasteiger partial charge in [0.05, 0.1) is 10.6 Å². The molecular formula is C24H23Cl2FN2O3S2. The third-order valence-electron chi connectivity index (χ3n) is 4.85. The number of nitrogens with one attached hydrogen (secondary N) is 1. The molecule has 0 spiro atoms. The van der Waals surface area contributed by atoms with Crippen LogP contribution in [-0.4, -0.2) is 33.2 Å². The number of carbonyl (C=O) groups is 1.